The molecule has 0 saturated heterocycles. The molecule has 0 bridgehead atoms. The summed E-state index contributed by atoms with van der Waals surface area (Å²) in [5.41, 5.74) is 4.54. The Morgan fingerprint density at radius 1 is 1.05 bits per heavy atom. The van der Waals surface area contributed by atoms with Crippen molar-refractivity contribution < 1.29 is 0 Å². The van der Waals surface area contributed by atoms with Crippen LogP contribution in [0.2, 0.25) is 0 Å². The zero-order chi connectivity index (χ0) is 13.5. The van der Waals surface area contributed by atoms with Crippen molar-refractivity contribution in [2.24, 2.45) is 0 Å². The molecule has 0 saturated carbocycles. The Balaban J connectivity index is 1.72. The van der Waals surface area contributed by atoms with Gasteiger partial charge in [-0.25, -0.2) is 9.97 Å². The number of fused-ring (bicyclic) bond motifs is 2. The molecule has 5 heteroatoms. The van der Waals surface area contributed by atoms with E-state index in [1.807, 2.05) is 24.3 Å². The topological polar surface area (TPSA) is 57.4 Å². The summed E-state index contributed by atoms with van der Waals surface area (Å²) in [6.07, 6.45) is 3.97. The minimum absolute atomic E-state index is 0.658. The molecule has 1 aliphatic carbocycles. The van der Waals surface area contributed by atoms with E-state index in [1.54, 1.807) is 0 Å². The van der Waals surface area contributed by atoms with Crippen LogP contribution in [0.3, 0.4) is 0 Å². The second-order valence-electron chi connectivity index (χ2n) is 5.18. The Labute approximate surface area is 121 Å². The average molecular weight is 282 g/mol. The normalized spacial score (nSPS) is 13.8. The van der Waals surface area contributed by atoms with Crippen molar-refractivity contribution in [2.75, 3.05) is 0 Å². The van der Waals surface area contributed by atoms with E-state index in [0.717, 1.165) is 40.2 Å². The number of hydrogen-bond donors (Lipinski definition) is 2. The monoisotopic (exact) mass is 282 g/mol. The molecule has 0 atom stereocenters. The second-order valence-corrected chi connectivity index (χ2v) is 5.56. The molecule has 0 unspecified atom stereocenters. The molecule has 1 aromatic carbocycles. The van der Waals surface area contributed by atoms with Crippen LogP contribution in [0.5, 0.6) is 0 Å². The second kappa shape index (κ2) is 4.52. The van der Waals surface area contributed by atoms with Gasteiger partial charge in [-0.1, -0.05) is 24.4 Å². The number of nitrogens with one attached hydrogen (secondary N) is 2. The third-order valence-corrected chi connectivity index (χ3v) is 4.12. The van der Waals surface area contributed by atoms with E-state index in [-0.39, 0.29) is 0 Å². The molecular weight excluding hydrogens is 268 g/mol. The van der Waals surface area contributed by atoms with Crippen molar-refractivity contribution in [3.05, 3.63) is 51.8 Å². The zero-order valence-electron chi connectivity index (χ0n) is 10.9. The lowest BCUT2D eigenvalue weighted by molar-refractivity contribution is 0.869. The minimum atomic E-state index is 0.658. The van der Waals surface area contributed by atoms with E-state index >= 15 is 0 Å². The molecule has 0 fully saturated rings. The Kier molecular flexibility index (Phi) is 2.67. The molecule has 4 nitrogen and oxygen atoms in total. The number of H-pyrrole nitrogens is 2. The lowest BCUT2D eigenvalue weighted by atomic mass is 10.2. The molecular formula is C15H14N4S. The van der Waals surface area contributed by atoms with E-state index in [1.165, 1.54) is 17.7 Å². The van der Waals surface area contributed by atoms with Gasteiger partial charge < -0.3 is 9.97 Å². The Morgan fingerprint density at radius 3 is 2.80 bits per heavy atom. The first-order valence-corrected chi connectivity index (χ1v) is 7.25. The van der Waals surface area contributed by atoms with Gasteiger partial charge in [-0.2, -0.15) is 0 Å². The Bertz CT molecular complexity index is 813. The van der Waals surface area contributed by atoms with Crippen LogP contribution in [0.4, 0.5) is 0 Å². The summed E-state index contributed by atoms with van der Waals surface area (Å²) in [5, 5.41) is 0. The van der Waals surface area contributed by atoms with E-state index in [2.05, 4.69) is 19.9 Å². The summed E-state index contributed by atoms with van der Waals surface area (Å²) in [7, 11) is 0. The summed E-state index contributed by atoms with van der Waals surface area (Å²) in [6.45, 7) is 0. The van der Waals surface area contributed by atoms with E-state index in [9.17, 15) is 0 Å². The molecule has 2 heterocycles. The quantitative estimate of drug-likeness (QED) is 0.710. The van der Waals surface area contributed by atoms with Crippen molar-refractivity contribution in [3.8, 4) is 0 Å². The van der Waals surface area contributed by atoms with Gasteiger partial charge in [-0.3, -0.25) is 0 Å². The molecule has 2 aromatic heterocycles. The van der Waals surface area contributed by atoms with Crippen molar-refractivity contribution in [1.82, 2.24) is 19.9 Å². The maximum Gasteiger partial charge on any atom is 0.133 e. The molecule has 0 amide bonds. The van der Waals surface area contributed by atoms with Crippen LogP contribution < -0.4 is 0 Å². The number of aromatic nitrogens is 4. The summed E-state index contributed by atoms with van der Waals surface area (Å²) in [6, 6.07) is 8.04. The third-order valence-electron chi connectivity index (χ3n) is 3.78. The molecule has 0 aliphatic heterocycles. The van der Waals surface area contributed by atoms with Crippen LogP contribution in [0.25, 0.3) is 11.0 Å². The molecule has 20 heavy (non-hydrogen) atoms. The van der Waals surface area contributed by atoms with Gasteiger partial charge in [0.25, 0.3) is 0 Å². The fraction of sp³-hybridized carbons (Fsp3) is 0.267. The van der Waals surface area contributed by atoms with Gasteiger partial charge in [-0.05, 0) is 31.4 Å². The van der Waals surface area contributed by atoms with Gasteiger partial charge >= 0.3 is 0 Å². The Hall–Kier alpha value is -2.01. The predicted octanol–water partition coefficient (Wildman–Crippen LogP) is 3.09. The number of imidazole rings is 1. The number of nitrogens with zero attached hydrogens (tertiary/aromatic N) is 2. The SMILES string of the molecule is S=c1nc(Cc2nc3ccccc3[nH]2)[nH]c2c1CCC2. The molecule has 0 radical (unpaired) electrons. The molecule has 4 rings (SSSR count). The number of benzene rings is 1. The van der Waals surface area contributed by atoms with Crippen LogP contribution in [0.15, 0.2) is 24.3 Å². The average Bonchev–Trinajstić information content (AvgIpc) is 3.04. The van der Waals surface area contributed by atoms with Crippen LogP contribution in [0.1, 0.15) is 29.3 Å². The van der Waals surface area contributed by atoms with Crippen LogP contribution >= 0.6 is 12.2 Å². The van der Waals surface area contributed by atoms with Crippen molar-refractivity contribution in [1.29, 1.82) is 0 Å². The molecule has 0 spiro atoms. The van der Waals surface area contributed by atoms with Crippen LogP contribution in [-0.4, -0.2) is 19.9 Å². The van der Waals surface area contributed by atoms with E-state index in [4.69, 9.17) is 12.2 Å². The van der Waals surface area contributed by atoms with Gasteiger partial charge in [0.05, 0.1) is 17.5 Å². The van der Waals surface area contributed by atoms with Gasteiger partial charge in [0, 0.05) is 11.3 Å². The standard InChI is InChI=1S/C15H14N4S/c20-15-9-4-3-7-10(9)16-14(19-15)8-13-17-11-5-1-2-6-12(11)18-13/h1-2,5-6H,3-4,7-8H2,(H,17,18)(H,16,19,20). The number of rotatable bonds is 2. The van der Waals surface area contributed by atoms with Gasteiger partial charge in [-0.15, -0.1) is 0 Å². The summed E-state index contributed by atoms with van der Waals surface area (Å²) < 4.78 is 0.752. The summed E-state index contributed by atoms with van der Waals surface area (Å²) in [4.78, 5) is 15.8. The lowest BCUT2D eigenvalue weighted by Crippen LogP contribution is -2.03. The first kappa shape index (κ1) is 11.8. The summed E-state index contributed by atoms with van der Waals surface area (Å²) >= 11 is 5.39. The van der Waals surface area contributed by atoms with Gasteiger partial charge in [0.2, 0.25) is 0 Å². The largest absolute Gasteiger partial charge is 0.346 e. The third kappa shape index (κ3) is 1.94. The summed E-state index contributed by atoms with van der Waals surface area (Å²) in [5.74, 6) is 1.82. The van der Waals surface area contributed by atoms with Gasteiger partial charge in [0.15, 0.2) is 0 Å². The van der Waals surface area contributed by atoms with Crippen LogP contribution in [-0.2, 0) is 19.3 Å². The van der Waals surface area contributed by atoms with Crippen molar-refractivity contribution >= 4 is 23.3 Å². The predicted molar refractivity (Wildman–Crippen MR) is 80.3 cm³/mol. The van der Waals surface area contributed by atoms with Crippen LogP contribution in [0, 0.1) is 4.64 Å². The number of aryl methyl sites for hydroxylation is 1. The zero-order valence-corrected chi connectivity index (χ0v) is 11.8. The number of hydrogen-bond acceptors (Lipinski definition) is 3. The molecule has 1 aliphatic rings. The maximum absolute atomic E-state index is 5.39. The number of para-hydroxylation sites is 2. The van der Waals surface area contributed by atoms with E-state index < -0.39 is 0 Å². The highest BCUT2D eigenvalue weighted by Gasteiger charge is 2.15. The van der Waals surface area contributed by atoms with Gasteiger partial charge in [0.1, 0.15) is 16.3 Å². The van der Waals surface area contributed by atoms with Crippen molar-refractivity contribution in [3.63, 3.8) is 0 Å². The molecule has 3 aromatic rings. The maximum atomic E-state index is 5.39. The Morgan fingerprint density at radius 2 is 1.90 bits per heavy atom. The molecule has 100 valence electrons. The van der Waals surface area contributed by atoms with Crippen molar-refractivity contribution in [2.45, 2.75) is 25.7 Å². The number of aromatic amines is 2. The first-order chi connectivity index (χ1) is 9.79. The highest BCUT2D eigenvalue weighted by atomic mass is 32.1. The highest BCUT2D eigenvalue weighted by molar-refractivity contribution is 7.71. The fourth-order valence-corrected chi connectivity index (χ4v) is 3.18. The first-order valence-electron chi connectivity index (χ1n) is 6.84. The fourth-order valence-electron chi connectivity index (χ4n) is 2.84. The highest BCUT2D eigenvalue weighted by Crippen LogP contribution is 2.21. The minimum Gasteiger partial charge on any atom is -0.346 e. The van der Waals surface area contributed by atoms with E-state index in [0.29, 0.717) is 6.42 Å². The lowest BCUT2D eigenvalue weighted by Gasteiger charge is -2.04. The smallest absolute Gasteiger partial charge is 0.133 e. The molecule has 2 N–H and O–H groups in total.